The molecule has 1 aromatic carbocycles. The maximum Gasteiger partial charge on any atom is 0.301 e. The molecule has 0 bridgehead atoms. The Labute approximate surface area is 145 Å². The molecule has 2 heterocycles. The smallest absolute Gasteiger partial charge is 0.301 e. The molecule has 0 spiro atoms. The Kier molecular flexibility index (Phi) is 4.72. The molecule has 25 heavy (non-hydrogen) atoms. The Bertz CT molecular complexity index is 1020. The molecular weight excluding hydrogens is 348 g/mol. The molecule has 9 nitrogen and oxygen atoms in total. The number of carbonyl (C=O) groups is 1. The van der Waals surface area contributed by atoms with Crippen molar-refractivity contribution in [1.82, 2.24) is 9.72 Å². The number of non-ortho nitro benzene ring substituents is 1. The lowest BCUT2D eigenvalue weighted by Gasteiger charge is -2.03. The van der Waals surface area contributed by atoms with Crippen molar-refractivity contribution in [1.29, 1.82) is 0 Å². The first-order chi connectivity index (χ1) is 12.0. The summed E-state index contributed by atoms with van der Waals surface area (Å²) in [6, 6.07) is 6.03. The van der Waals surface area contributed by atoms with Crippen LogP contribution < -0.4 is 4.80 Å². The Morgan fingerprint density at radius 3 is 2.92 bits per heavy atom. The number of nitro groups is 1. The number of aryl methyl sites for hydroxylation is 1. The summed E-state index contributed by atoms with van der Waals surface area (Å²) in [4.78, 5) is 27.3. The average Bonchev–Trinajstić information content (AvgIpc) is 3.15. The largest absolute Gasteiger partial charge is 0.383 e. The zero-order chi connectivity index (χ0) is 18.0. The summed E-state index contributed by atoms with van der Waals surface area (Å²) in [5.41, 5.74) is 0.840. The Hall–Kier alpha value is -2.85. The number of aromatic nitrogens is 2. The van der Waals surface area contributed by atoms with Gasteiger partial charge in [0.15, 0.2) is 10.5 Å². The van der Waals surface area contributed by atoms with Gasteiger partial charge in [0.2, 0.25) is 0 Å². The minimum Gasteiger partial charge on any atom is -0.383 e. The van der Waals surface area contributed by atoms with Crippen molar-refractivity contribution in [2.24, 2.45) is 4.99 Å². The summed E-state index contributed by atoms with van der Waals surface area (Å²) < 4.78 is 12.4. The summed E-state index contributed by atoms with van der Waals surface area (Å²) >= 11 is 1.19. The van der Waals surface area contributed by atoms with E-state index in [1.165, 1.54) is 29.5 Å². The van der Waals surface area contributed by atoms with Gasteiger partial charge in [-0.2, -0.15) is 4.99 Å². The predicted molar refractivity (Wildman–Crippen MR) is 89.5 cm³/mol. The van der Waals surface area contributed by atoms with Crippen LogP contribution in [0.1, 0.15) is 16.2 Å². The van der Waals surface area contributed by atoms with Crippen LogP contribution in [0.3, 0.4) is 0 Å². The number of hydrogen-bond acceptors (Lipinski definition) is 7. The van der Waals surface area contributed by atoms with E-state index >= 15 is 0 Å². The zero-order valence-electron chi connectivity index (χ0n) is 13.5. The lowest BCUT2D eigenvalue weighted by atomic mass is 10.3. The lowest BCUT2D eigenvalue weighted by molar-refractivity contribution is -0.384. The van der Waals surface area contributed by atoms with E-state index in [1.807, 2.05) is 0 Å². The number of hydrogen-bond donors (Lipinski definition) is 0. The quantitative estimate of drug-likeness (QED) is 0.508. The van der Waals surface area contributed by atoms with Gasteiger partial charge >= 0.3 is 5.91 Å². The molecule has 0 radical (unpaired) electrons. The average molecular weight is 362 g/mol. The summed E-state index contributed by atoms with van der Waals surface area (Å²) in [6.07, 6.45) is 0. The van der Waals surface area contributed by atoms with Gasteiger partial charge in [0.05, 0.1) is 21.7 Å². The topological polar surface area (TPSA) is 113 Å². The monoisotopic (exact) mass is 362 g/mol. The Morgan fingerprint density at radius 2 is 2.28 bits per heavy atom. The third-order valence-corrected chi connectivity index (χ3v) is 4.48. The fraction of sp³-hybridized carbons (Fsp3) is 0.267. The van der Waals surface area contributed by atoms with Crippen LogP contribution in [0.4, 0.5) is 5.69 Å². The third-order valence-electron chi connectivity index (χ3n) is 3.44. The van der Waals surface area contributed by atoms with E-state index in [-0.39, 0.29) is 11.4 Å². The maximum atomic E-state index is 12.3. The van der Waals surface area contributed by atoms with Crippen molar-refractivity contribution < 1.29 is 19.0 Å². The second-order valence-corrected chi connectivity index (χ2v) is 6.19. The van der Waals surface area contributed by atoms with Gasteiger partial charge in [0.1, 0.15) is 5.76 Å². The standard InChI is InChI=1S/C15H14N4O5S/c1-9-7-11(17-24-9)14(20)16-15-18(5-6-23-2)12-4-3-10(19(21)22)8-13(12)25-15/h3-4,7-8H,5-6H2,1-2H3. The number of benzene rings is 1. The lowest BCUT2D eigenvalue weighted by Crippen LogP contribution is -2.19. The van der Waals surface area contributed by atoms with E-state index < -0.39 is 10.8 Å². The van der Waals surface area contributed by atoms with Crippen LogP contribution in [0, 0.1) is 17.0 Å². The van der Waals surface area contributed by atoms with Gasteiger partial charge in [0, 0.05) is 31.9 Å². The molecule has 0 saturated carbocycles. The molecule has 0 aliphatic rings. The summed E-state index contributed by atoms with van der Waals surface area (Å²) in [5.74, 6) is -0.0261. The zero-order valence-corrected chi connectivity index (χ0v) is 14.3. The second-order valence-electron chi connectivity index (χ2n) is 5.18. The molecule has 0 fully saturated rings. The van der Waals surface area contributed by atoms with Crippen molar-refractivity contribution >= 4 is 33.1 Å². The van der Waals surface area contributed by atoms with Crippen LogP contribution in [0.5, 0.6) is 0 Å². The predicted octanol–water partition coefficient (Wildman–Crippen LogP) is 2.29. The van der Waals surface area contributed by atoms with E-state index in [0.717, 1.165) is 5.52 Å². The van der Waals surface area contributed by atoms with Gasteiger partial charge in [-0.05, 0) is 13.0 Å². The van der Waals surface area contributed by atoms with Gasteiger partial charge in [-0.25, -0.2) is 0 Å². The molecule has 0 unspecified atom stereocenters. The number of methoxy groups -OCH3 is 1. The van der Waals surface area contributed by atoms with Gasteiger partial charge < -0.3 is 13.8 Å². The first-order valence-electron chi connectivity index (χ1n) is 7.28. The van der Waals surface area contributed by atoms with E-state index in [9.17, 15) is 14.9 Å². The fourth-order valence-electron chi connectivity index (χ4n) is 2.27. The number of fused-ring (bicyclic) bond motifs is 1. The van der Waals surface area contributed by atoms with Gasteiger partial charge in [-0.1, -0.05) is 16.5 Å². The molecule has 2 aromatic heterocycles. The highest BCUT2D eigenvalue weighted by Crippen LogP contribution is 2.23. The highest BCUT2D eigenvalue weighted by molar-refractivity contribution is 7.16. The highest BCUT2D eigenvalue weighted by Gasteiger charge is 2.14. The van der Waals surface area contributed by atoms with Gasteiger partial charge in [-0.15, -0.1) is 0 Å². The number of thiazole rings is 1. The molecular formula is C15H14N4O5S. The summed E-state index contributed by atoms with van der Waals surface area (Å²) in [7, 11) is 1.57. The van der Waals surface area contributed by atoms with Crippen molar-refractivity contribution in [3.8, 4) is 0 Å². The van der Waals surface area contributed by atoms with Crippen molar-refractivity contribution in [2.75, 3.05) is 13.7 Å². The molecule has 0 aliphatic heterocycles. The number of nitro benzene ring substituents is 1. The van der Waals surface area contributed by atoms with E-state index in [4.69, 9.17) is 9.26 Å². The molecule has 0 atom stereocenters. The van der Waals surface area contributed by atoms with Crippen molar-refractivity contribution in [2.45, 2.75) is 13.5 Å². The first kappa shape index (κ1) is 17.0. The summed E-state index contributed by atoms with van der Waals surface area (Å²) in [5, 5.41) is 14.6. The third kappa shape index (κ3) is 3.49. The second kappa shape index (κ2) is 6.95. The Balaban J connectivity index is 2.12. The van der Waals surface area contributed by atoms with Gasteiger partial charge in [-0.3, -0.25) is 14.9 Å². The normalized spacial score (nSPS) is 12.0. The van der Waals surface area contributed by atoms with E-state index in [1.54, 1.807) is 24.7 Å². The van der Waals surface area contributed by atoms with Crippen molar-refractivity contribution in [3.05, 3.63) is 50.6 Å². The number of carbonyl (C=O) groups excluding carboxylic acids is 1. The van der Waals surface area contributed by atoms with E-state index in [2.05, 4.69) is 10.1 Å². The maximum absolute atomic E-state index is 12.3. The molecule has 0 N–H and O–H groups in total. The van der Waals surface area contributed by atoms with Crippen LogP contribution in [0.2, 0.25) is 0 Å². The van der Waals surface area contributed by atoms with Crippen LogP contribution >= 0.6 is 11.3 Å². The molecule has 10 heteroatoms. The van der Waals surface area contributed by atoms with Crippen LogP contribution in [0.25, 0.3) is 10.2 Å². The Morgan fingerprint density at radius 1 is 1.48 bits per heavy atom. The minimum absolute atomic E-state index is 0.0161. The molecule has 0 aliphatic carbocycles. The molecule has 3 aromatic rings. The molecule has 1 amide bonds. The molecule has 3 rings (SSSR count). The van der Waals surface area contributed by atoms with Gasteiger partial charge in [0.25, 0.3) is 5.69 Å². The molecule has 130 valence electrons. The first-order valence-corrected chi connectivity index (χ1v) is 8.10. The van der Waals surface area contributed by atoms with Crippen LogP contribution in [-0.4, -0.2) is 34.3 Å². The number of rotatable bonds is 5. The van der Waals surface area contributed by atoms with Crippen LogP contribution in [-0.2, 0) is 11.3 Å². The van der Waals surface area contributed by atoms with Crippen LogP contribution in [0.15, 0.2) is 33.8 Å². The number of amides is 1. The highest BCUT2D eigenvalue weighted by atomic mass is 32.1. The SMILES string of the molecule is COCCn1c(=NC(=O)c2cc(C)on2)sc2cc([N+](=O)[O-])ccc21. The molecule has 0 saturated heterocycles. The van der Waals surface area contributed by atoms with E-state index in [0.29, 0.717) is 28.4 Å². The minimum atomic E-state index is -0.538. The number of ether oxygens (including phenoxy) is 1. The number of nitrogens with zero attached hydrogens (tertiary/aromatic N) is 4. The van der Waals surface area contributed by atoms with Crippen molar-refractivity contribution in [3.63, 3.8) is 0 Å². The summed E-state index contributed by atoms with van der Waals surface area (Å²) in [6.45, 7) is 2.55. The fourth-order valence-corrected chi connectivity index (χ4v) is 3.36.